The molecule has 0 aromatic heterocycles. The van der Waals surface area contributed by atoms with Gasteiger partial charge in [0.25, 0.3) is 0 Å². The first kappa shape index (κ1) is 15.6. The van der Waals surface area contributed by atoms with Crippen LogP contribution in [0.5, 0.6) is 0 Å². The summed E-state index contributed by atoms with van der Waals surface area (Å²) < 4.78 is 10.4. The molecule has 1 aromatic carbocycles. The highest BCUT2D eigenvalue weighted by Gasteiger charge is 2.17. The van der Waals surface area contributed by atoms with Crippen LogP contribution in [0.4, 0.5) is 11.4 Å². The molecule has 1 saturated heterocycles. The van der Waals surface area contributed by atoms with Crippen molar-refractivity contribution in [2.45, 2.75) is 19.8 Å². The number of hydrogen-bond donors (Lipinski definition) is 1. The smallest absolute Gasteiger partial charge is 0.338 e. The fourth-order valence-electron chi connectivity index (χ4n) is 2.66. The summed E-state index contributed by atoms with van der Waals surface area (Å²) in [7, 11) is 2.03. The van der Waals surface area contributed by atoms with Crippen molar-refractivity contribution in [3.63, 3.8) is 0 Å². The minimum atomic E-state index is -0.331. The summed E-state index contributed by atoms with van der Waals surface area (Å²) in [6, 6.07) is 5.35. The summed E-state index contributed by atoms with van der Waals surface area (Å²) in [4.78, 5) is 13.8. The van der Waals surface area contributed by atoms with Crippen LogP contribution in [0, 0.1) is 5.92 Å². The van der Waals surface area contributed by atoms with Crippen LogP contribution in [0.1, 0.15) is 30.1 Å². The standard InChI is InChI=1S/C16H24N2O3/c1-3-21-16(19)13-4-5-15(14(17)10-13)18(2)11-12-6-8-20-9-7-12/h4-5,10,12H,3,6-9,11,17H2,1-2H3. The lowest BCUT2D eigenvalue weighted by molar-refractivity contribution is 0.0526. The van der Waals surface area contributed by atoms with Gasteiger partial charge in [0.1, 0.15) is 0 Å². The van der Waals surface area contributed by atoms with Crippen LogP contribution in [0.2, 0.25) is 0 Å². The van der Waals surface area contributed by atoms with Gasteiger partial charge in [-0.25, -0.2) is 4.79 Å². The van der Waals surface area contributed by atoms with Crippen LogP contribution in [-0.4, -0.2) is 39.4 Å². The first-order chi connectivity index (χ1) is 10.1. The van der Waals surface area contributed by atoms with E-state index in [1.807, 2.05) is 13.1 Å². The molecule has 0 atom stereocenters. The lowest BCUT2D eigenvalue weighted by Crippen LogP contribution is -2.30. The number of rotatable bonds is 5. The van der Waals surface area contributed by atoms with E-state index in [1.165, 1.54) is 0 Å². The molecule has 1 aliphatic heterocycles. The number of nitrogen functional groups attached to an aromatic ring is 1. The number of benzene rings is 1. The molecule has 1 aliphatic rings. The summed E-state index contributed by atoms with van der Waals surface area (Å²) in [6.07, 6.45) is 2.18. The van der Waals surface area contributed by atoms with E-state index in [9.17, 15) is 4.79 Å². The number of anilines is 2. The van der Waals surface area contributed by atoms with Gasteiger partial charge in [-0.3, -0.25) is 0 Å². The Bertz CT molecular complexity index is 484. The fourth-order valence-corrected chi connectivity index (χ4v) is 2.66. The Morgan fingerprint density at radius 3 is 2.76 bits per heavy atom. The number of esters is 1. The number of carbonyl (C=O) groups excluding carboxylic acids is 1. The van der Waals surface area contributed by atoms with Crippen LogP contribution in [0.3, 0.4) is 0 Å². The molecule has 116 valence electrons. The normalized spacial score (nSPS) is 15.7. The molecule has 0 aliphatic carbocycles. The van der Waals surface area contributed by atoms with Crippen molar-refractivity contribution in [3.8, 4) is 0 Å². The first-order valence-electron chi connectivity index (χ1n) is 7.47. The number of ether oxygens (including phenoxy) is 2. The van der Waals surface area contributed by atoms with Gasteiger partial charge in [-0.05, 0) is 43.9 Å². The molecule has 21 heavy (non-hydrogen) atoms. The van der Waals surface area contributed by atoms with Crippen LogP contribution < -0.4 is 10.6 Å². The summed E-state index contributed by atoms with van der Waals surface area (Å²) in [6.45, 7) is 4.79. The molecule has 0 bridgehead atoms. The second kappa shape index (κ2) is 7.31. The summed E-state index contributed by atoms with van der Waals surface area (Å²) in [5.74, 6) is 0.302. The van der Waals surface area contributed by atoms with E-state index in [0.717, 1.165) is 38.3 Å². The van der Waals surface area contributed by atoms with Gasteiger partial charge in [-0.15, -0.1) is 0 Å². The molecule has 0 unspecified atom stereocenters. The van der Waals surface area contributed by atoms with E-state index in [2.05, 4.69) is 4.90 Å². The molecular formula is C16H24N2O3. The SMILES string of the molecule is CCOC(=O)c1ccc(N(C)CC2CCOCC2)c(N)c1. The first-order valence-corrected chi connectivity index (χ1v) is 7.47. The van der Waals surface area contributed by atoms with E-state index < -0.39 is 0 Å². The third-order valence-corrected chi connectivity index (χ3v) is 3.82. The Labute approximate surface area is 126 Å². The van der Waals surface area contributed by atoms with Crippen LogP contribution in [0.15, 0.2) is 18.2 Å². The third-order valence-electron chi connectivity index (χ3n) is 3.82. The zero-order valence-corrected chi connectivity index (χ0v) is 12.8. The second-order valence-electron chi connectivity index (χ2n) is 5.43. The topological polar surface area (TPSA) is 64.8 Å². The Hall–Kier alpha value is -1.75. The van der Waals surface area contributed by atoms with Gasteiger partial charge in [0, 0.05) is 26.8 Å². The molecule has 0 radical (unpaired) electrons. The summed E-state index contributed by atoms with van der Waals surface area (Å²) in [5, 5.41) is 0. The van der Waals surface area contributed by atoms with Gasteiger partial charge in [0.15, 0.2) is 0 Å². The van der Waals surface area contributed by atoms with Crippen molar-refractivity contribution >= 4 is 17.3 Å². The molecule has 5 heteroatoms. The molecule has 5 nitrogen and oxygen atoms in total. The Kier molecular flexibility index (Phi) is 5.44. The fraction of sp³-hybridized carbons (Fsp3) is 0.562. The van der Waals surface area contributed by atoms with E-state index in [-0.39, 0.29) is 5.97 Å². The maximum Gasteiger partial charge on any atom is 0.338 e. The highest BCUT2D eigenvalue weighted by atomic mass is 16.5. The van der Waals surface area contributed by atoms with Crippen molar-refractivity contribution in [1.82, 2.24) is 0 Å². The zero-order chi connectivity index (χ0) is 15.2. The predicted molar refractivity (Wildman–Crippen MR) is 83.6 cm³/mol. The molecule has 1 heterocycles. The van der Waals surface area contributed by atoms with Crippen molar-refractivity contribution in [2.24, 2.45) is 5.92 Å². The van der Waals surface area contributed by atoms with Crippen LogP contribution in [0.25, 0.3) is 0 Å². The molecule has 1 fully saturated rings. The zero-order valence-electron chi connectivity index (χ0n) is 12.8. The van der Waals surface area contributed by atoms with Crippen LogP contribution >= 0.6 is 0 Å². The highest BCUT2D eigenvalue weighted by Crippen LogP contribution is 2.26. The third kappa shape index (κ3) is 4.11. The Morgan fingerprint density at radius 1 is 1.43 bits per heavy atom. The molecule has 0 saturated carbocycles. The van der Waals surface area contributed by atoms with Gasteiger partial charge >= 0.3 is 5.97 Å². The van der Waals surface area contributed by atoms with Gasteiger partial charge in [-0.1, -0.05) is 0 Å². The second-order valence-corrected chi connectivity index (χ2v) is 5.43. The maximum absolute atomic E-state index is 11.7. The van der Waals surface area contributed by atoms with Crippen molar-refractivity contribution in [3.05, 3.63) is 23.8 Å². The molecular weight excluding hydrogens is 268 g/mol. The van der Waals surface area contributed by atoms with Crippen molar-refractivity contribution in [2.75, 3.05) is 44.0 Å². The average Bonchev–Trinajstić information content (AvgIpc) is 2.48. The average molecular weight is 292 g/mol. The molecule has 2 N–H and O–H groups in total. The van der Waals surface area contributed by atoms with E-state index in [1.54, 1.807) is 19.1 Å². The maximum atomic E-state index is 11.7. The van der Waals surface area contributed by atoms with E-state index in [4.69, 9.17) is 15.2 Å². The van der Waals surface area contributed by atoms with Crippen molar-refractivity contribution in [1.29, 1.82) is 0 Å². The van der Waals surface area contributed by atoms with Crippen LogP contribution in [-0.2, 0) is 9.47 Å². The predicted octanol–water partition coefficient (Wildman–Crippen LogP) is 2.31. The number of nitrogens with two attached hydrogens (primary N) is 1. The van der Waals surface area contributed by atoms with Gasteiger partial charge in [-0.2, -0.15) is 0 Å². The van der Waals surface area contributed by atoms with Gasteiger partial charge < -0.3 is 20.1 Å². The monoisotopic (exact) mass is 292 g/mol. The lowest BCUT2D eigenvalue weighted by Gasteiger charge is -2.29. The molecule has 2 rings (SSSR count). The minimum absolute atomic E-state index is 0.331. The largest absolute Gasteiger partial charge is 0.462 e. The van der Waals surface area contributed by atoms with Gasteiger partial charge in [0.2, 0.25) is 0 Å². The lowest BCUT2D eigenvalue weighted by atomic mass is 9.99. The summed E-state index contributed by atoms with van der Waals surface area (Å²) in [5.41, 5.74) is 8.14. The number of hydrogen-bond acceptors (Lipinski definition) is 5. The summed E-state index contributed by atoms with van der Waals surface area (Å²) >= 11 is 0. The number of nitrogens with zero attached hydrogens (tertiary/aromatic N) is 1. The minimum Gasteiger partial charge on any atom is -0.462 e. The Morgan fingerprint density at radius 2 is 2.14 bits per heavy atom. The highest BCUT2D eigenvalue weighted by molar-refractivity contribution is 5.92. The molecule has 0 amide bonds. The molecule has 1 aromatic rings. The van der Waals surface area contributed by atoms with E-state index in [0.29, 0.717) is 23.8 Å². The quantitative estimate of drug-likeness (QED) is 0.666. The van der Waals surface area contributed by atoms with Gasteiger partial charge in [0.05, 0.1) is 23.5 Å². The van der Waals surface area contributed by atoms with E-state index >= 15 is 0 Å². The number of carbonyl (C=O) groups is 1. The Balaban J connectivity index is 2.03. The van der Waals surface area contributed by atoms with Crippen molar-refractivity contribution < 1.29 is 14.3 Å². The molecule has 0 spiro atoms.